The van der Waals surface area contributed by atoms with Crippen molar-refractivity contribution in [3.63, 3.8) is 0 Å². The van der Waals surface area contributed by atoms with Gasteiger partial charge in [-0.3, -0.25) is 14.6 Å². The largest absolute Gasteiger partial charge is 0.357 e. The smallest absolute Gasteiger partial charge is 0.223 e. The van der Waals surface area contributed by atoms with E-state index >= 15 is 0 Å². The second-order valence-electron chi connectivity index (χ2n) is 8.13. The lowest BCUT2D eigenvalue weighted by Crippen LogP contribution is -2.39. The molecule has 2 heterocycles. The van der Waals surface area contributed by atoms with Gasteiger partial charge in [-0.15, -0.1) is 24.0 Å². The van der Waals surface area contributed by atoms with Crippen molar-refractivity contribution in [1.29, 1.82) is 0 Å². The van der Waals surface area contributed by atoms with E-state index < -0.39 is 0 Å². The van der Waals surface area contributed by atoms with E-state index in [-0.39, 0.29) is 41.7 Å². The summed E-state index contributed by atoms with van der Waals surface area (Å²) >= 11 is 0. The minimum absolute atomic E-state index is 0. The van der Waals surface area contributed by atoms with Gasteiger partial charge in [-0.2, -0.15) is 0 Å². The Kier molecular flexibility index (Phi) is 11.1. The molecule has 0 saturated carbocycles. The Morgan fingerprint density at radius 1 is 1.10 bits per heavy atom. The van der Waals surface area contributed by atoms with Gasteiger partial charge in [0.05, 0.1) is 0 Å². The highest BCUT2D eigenvalue weighted by Crippen LogP contribution is 2.18. The average molecular weight is 541 g/mol. The molecule has 2 aliphatic heterocycles. The van der Waals surface area contributed by atoms with Gasteiger partial charge in [0.15, 0.2) is 5.96 Å². The Morgan fingerprint density at radius 3 is 2.61 bits per heavy atom. The van der Waals surface area contributed by atoms with Crippen molar-refractivity contribution in [1.82, 2.24) is 20.4 Å². The summed E-state index contributed by atoms with van der Waals surface area (Å²) in [4.78, 5) is 32.6. The molecule has 0 radical (unpaired) electrons. The first-order valence-corrected chi connectivity index (χ1v) is 11.3. The molecule has 3 rings (SSSR count). The molecular formula is C23H36IN5O2. The number of likely N-dealkylation sites (tertiary alicyclic amines) is 2. The molecular weight excluding hydrogens is 505 g/mol. The van der Waals surface area contributed by atoms with Crippen LogP contribution in [-0.2, 0) is 16.0 Å². The molecule has 0 aromatic heterocycles. The summed E-state index contributed by atoms with van der Waals surface area (Å²) in [5, 5.41) is 6.63. The number of carbonyl (C=O) groups is 2. The highest BCUT2D eigenvalue weighted by molar-refractivity contribution is 14.0. The third kappa shape index (κ3) is 8.31. The number of aliphatic imine (C=N–C) groups is 1. The van der Waals surface area contributed by atoms with Gasteiger partial charge in [-0.05, 0) is 31.7 Å². The predicted molar refractivity (Wildman–Crippen MR) is 135 cm³/mol. The standard InChI is InChI=1S/C23H35N5O2.HI/c1-2-24-23(25-12-7-14-27-13-6-10-21(27)29)26-17-20-16-22(30)28(18-20)15-11-19-8-4-3-5-9-19;/h3-5,8-9,20H,2,6-7,10-18H2,1H3,(H2,24,25,26);1H. The molecule has 2 fully saturated rings. The molecule has 1 aromatic carbocycles. The molecule has 172 valence electrons. The quantitative estimate of drug-likeness (QED) is 0.206. The van der Waals surface area contributed by atoms with Crippen molar-refractivity contribution in [2.24, 2.45) is 10.9 Å². The van der Waals surface area contributed by atoms with Crippen LogP contribution < -0.4 is 10.6 Å². The van der Waals surface area contributed by atoms with Crippen LogP contribution in [0.3, 0.4) is 0 Å². The summed E-state index contributed by atoms with van der Waals surface area (Å²) < 4.78 is 0. The number of amides is 2. The zero-order valence-corrected chi connectivity index (χ0v) is 20.8. The normalized spacial score (nSPS) is 19.0. The van der Waals surface area contributed by atoms with E-state index in [0.29, 0.717) is 19.4 Å². The highest BCUT2D eigenvalue weighted by Gasteiger charge is 2.29. The van der Waals surface area contributed by atoms with Gasteiger partial charge in [0.1, 0.15) is 0 Å². The maximum absolute atomic E-state index is 12.4. The van der Waals surface area contributed by atoms with Gasteiger partial charge in [0.25, 0.3) is 0 Å². The monoisotopic (exact) mass is 541 g/mol. The summed E-state index contributed by atoms with van der Waals surface area (Å²) in [5.74, 6) is 1.57. The fourth-order valence-electron chi connectivity index (χ4n) is 4.08. The van der Waals surface area contributed by atoms with Gasteiger partial charge < -0.3 is 20.4 Å². The molecule has 1 unspecified atom stereocenters. The topological polar surface area (TPSA) is 77.0 Å². The first-order valence-electron chi connectivity index (χ1n) is 11.3. The lowest BCUT2D eigenvalue weighted by atomic mass is 10.1. The van der Waals surface area contributed by atoms with Crippen LogP contribution in [0.2, 0.25) is 0 Å². The van der Waals surface area contributed by atoms with Crippen molar-refractivity contribution < 1.29 is 9.59 Å². The number of halogens is 1. The third-order valence-electron chi connectivity index (χ3n) is 5.73. The van der Waals surface area contributed by atoms with Crippen molar-refractivity contribution in [2.45, 2.75) is 39.0 Å². The van der Waals surface area contributed by atoms with E-state index in [2.05, 4.69) is 22.8 Å². The molecule has 7 nitrogen and oxygen atoms in total. The van der Waals surface area contributed by atoms with E-state index in [1.165, 1.54) is 5.56 Å². The zero-order valence-electron chi connectivity index (χ0n) is 18.5. The molecule has 1 atom stereocenters. The van der Waals surface area contributed by atoms with Crippen molar-refractivity contribution in [3.8, 4) is 0 Å². The Hall–Kier alpha value is -1.84. The van der Waals surface area contributed by atoms with Crippen LogP contribution in [0.4, 0.5) is 0 Å². The van der Waals surface area contributed by atoms with Crippen molar-refractivity contribution in [2.75, 3.05) is 45.8 Å². The molecule has 0 bridgehead atoms. The first kappa shape index (κ1) is 25.4. The van der Waals surface area contributed by atoms with E-state index in [0.717, 1.165) is 64.5 Å². The van der Waals surface area contributed by atoms with Gasteiger partial charge in [-0.25, -0.2) is 0 Å². The summed E-state index contributed by atoms with van der Waals surface area (Å²) in [5.41, 5.74) is 1.26. The first-order chi connectivity index (χ1) is 14.7. The van der Waals surface area contributed by atoms with E-state index in [9.17, 15) is 9.59 Å². The summed E-state index contributed by atoms with van der Waals surface area (Å²) in [7, 11) is 0. The van der Waals surface area contributed by atoms with Crippen LogP contribution in [0, 0.1) is 5.92 Å². The number of nitrogens with zero attached hydrogens (tertiary/aromatic N) is 3. The molecule has 2 N–H and O–H groups in total. The number of rotatable bonds is 10. The lowest BCUT2D eigenvalue weighted by Gasteiger charge is -2.17. The molecule has 8 heteroatoms. The Bertz CT molecular complexity index is 728. The van der Waals surface area contributed by atoms with Crippen LogP contribution in [-0.4, -0.2) is 73.4 Å². The van der Waals surface area contributed by atoms with Crippen LogP contribution in [0.5, 0.6) is 0 Å². The number of carbonyl (C=O) groups excluding carboxylic acids is 2. The van der Waals surface area contributed by atoms with Gasteiger partial charge in [0.2, 0.25) is 11.8 Å². The Labute approximate surface area is 203 Å². The fourth-order valence-corrected chi connectivity index (χ4v) is 4.08. The van der Waals surface area contributed by atoms with Crippen molar-refractivity contribution in [3.05, 3.63) is 35.9 Å². The van der Waals surface area contributed by atoms with Crippen LogP contribution in [0.15, 0.2) is 35.3 Å². The second kappa shape index (κ2) is 13.5. The summed E-state index contributed by atoms with van der Waals surface area (Å²) in [6.45, 7) is 7.52. The molecule has 31 heavy (non-hydrogen) atoms. The molecule has 2 amide bonds. The van der Waals surface area contributed by atoms with E-state index in [1.54, 1.807) is 0 Å². The number of nitrogens with one attached hydrogen (secondary N) is 2. The van der Waals surface area contributed by atoms with Gasteiger partial charge >= 0.3 is 0 Å². The predicted octanol–water partition coefficient (Wildman–Crippen LogP) is 2.26. The molecule has 2 saturated heterocycles. The van der Waals surface area contributed by atoms with Crippen LogP contribution >= 0.6 is 24.0 Å². The Balaban J connectivity index is 0.00000341. The minimum Gasteiger partial charge on any atom is -0.357 e. The number of hydrogen-bond donors (Lipinski definition) is 2. The number of benzene rings is 1. The lowest BCUT2D eigenvalue weighted by molar-refractivity contribution is -0.128. The molecule has 2 aliphatic rings. The highest BCUT2D eigenvalue weighted by atomic mass is 127. The van der Waals surface area contributed by atoms with E-state index in [1.807, 2.05) is 34.9 Å². The average Bonchev–Trinajstić information content (AvgIpc) is 3.33. The molecule has 1 aromatic rings. The third-order valence-corrected chi connectivity index (χ3v) is 5.73. The van der Waals surface area contributed by atoms with E-state index in [4.69, 9.17) is 4.99 Å². The molecule has 0 aliphatic carbocycles. The Morgan fingerprint density at radius 2 is 1.90 bits per heavy atom. The second-order valence-corrected chi connectivity index (χ2v) is 8.13. The number of guanidine groups is 1. The molecule has 0 spiro atoms. The van der Waals surface area contributed by atoms with Crippen LogP contribution in [0.1, 0.15) is 38.2 Å². The van der Waals surface area contributed by atoms with Gasteiger partial charge in [0, 0.05) is 64.6 Å². The maximum Gasteiger partial charge on any atom is 0.223 e. The summed E-state index contributed by atoms with van der Waals surface area (Å²) in [6.07, 6.45) is 4.06. The van der Waals surface area contributed by atoms with Crippen molar-refractivity contribution >= 4 is 41.8 Å². The van der Waals surface area contributed by atoms with Gasteiger partial charge in [-0.1, -0.05) is 30.3 Å². The summed E-state index contributed by atoms with van der Waals surface area (Å²) in [6, 6.07) is 10.3. The fraction of sp³-hybridized carbons (Fsp3) is 0.609. The minimum atomic E-state index is 0. The number of hydrogen-bond acceptors (Lipinski definition) is 3. The zero-order chi connectivity index (χ0) is 21.2. The SMILES string of the molecule is CCNC(=NCC1CC(=O)N(CCc2ccccc2)C1)NCCCN1CCCC1=O.I. The van der Waals surface area contributed by atoms with Crippen LogP contribution in [0.25, 0.3) is 0 Å². The maximum atomic E-state index is 12.4.